The van der Waals surface area contributed by atoms with Crippen molar-refractivity contribution >= 4 is 17.7 Å². The first-order valence-corrected chi connectivity index (χ1v) is 6.69. The normalized spacial score (nSPS) is 12.4. The number of hydrogen-bond acceptors (Lipinski definition) is 4. The van der Waals surface area contributed by atoms with E-state index in [2.05, 4.69) is 10.6 Å². The minimum atomic E-state index is -1.07. The first-order chi connectivity index (χ1) is 9.71. The molecule has 1 aromatic rings. The Morgan fingerprint density at radius 1 is 1.33 bits per heavy atom. The highest BCUT2D eigenvalue weighted by Crippen LogP contribution is 2.10. The Balaban J connectivity index is 2.63. The van der Waals surface area contributed by atoms with E-state index >= 15 is 0 Å². The Morgan fingerprint density at radius 2 is 2.00 bits per heavy atom. The molecule has 1 atom stereocenters. The summed E-state index contributed by atoms with van der Waals surface area (Å²) >= 11 is 0. The second-order valence-electron chi connectivity index (χ2n) is 5.74. The second-order valence-corrected chi connectivity index (χ2v) is 5.74. The van der Waals surface area contributed by atoms with Crippen LogP contribution in [0.5, 0.6) is 0 Å². The summed E-state index contributed by atoms with van der Waals surface area (Å²) in [6.45, 7) is 6.53. The van der Waals surface area contributed by atoms with Crippen molar-refractivity contribution < 1.29 is 19.4 Å². The average Bonchev–Trinajstić information content (AvgIpc) is 2.33. The van der Waals surface area contributed by atoms with Crippen LogP contribution < -0.4 is 10.6 Å². The van der Waals surface area contributed by atoms with Crippen LogP contribution >= 0.6 is 0 Å². The molecule has 0 bridgehead atoms. The van der Waals surface area contributed by atoms with Gasteiger partial charge in [0.1, 0.15) is 11.6 Å². The van der Waals surface area contributed by atoms with E-state index in [1.54, 1.807) is 39.0 Å². The van der Waals surface area contributed by atoms with E-state index in [1.807, 2.05) is 13.0 Å². The van der Waals surface area contributed by atoms with Gasteiger partial charge < -0.3 is 20.5 Å². The smallest absolute Gasteiger partial charge is 0.408 e. The molecule has 0 spiro atoms. The number of ether oxygens (including phenoxy) is 1. The van der Waals surface area contributed by atoms with Gasteiger partial charge in [0.25, 0.3) is 0 Å². The topological polar surface area (TPSA) is 87.7 Å². The van der Waals surface area contributed by atoms with Crippen LogP contribution in [0.15, 0.2) is 24.3 Å². The zero-order chi connectivity index (χ0) is 16.0. The van der Waals surface area contributed by atoms with Crippen LogP contribution in [0.25, 0.3) is 0 Å². The van der Waals surface area contributed by atoms with Gasteiger partial charge in [0.2, 0.25) is 5.91 Å². The standard InChI is InChI=1S/C15H22N2O4/c1-10-6-5-7-11(8-10)16-13(19)12(9-18)17-14(20)21-15(2,3)4/h5-8,12,18H,9H2,1-4H3,(H,16,19)(H,17,20)/t12-/m0/s1. The Labute approximate surface area is 124 Å². The van der Waals surface area contributed by atoms with Gasteiger partial charge in [-0.05, 0) is 45.4 Å². The van der Waals surface area contributed by atoms with E-state index < -0.39 is 30.3 Å². The highest BCUT2D eigenvalue weighted by molar-refractivity contribution is 5.96. The van der Waals surface area contributed by atoms with Gasteiger partial charge in [0.15, 0.2) is 0 Å². The van der Waals surface area contributed by atoms with E-state index in [4.69, 9.17) is 4.74 Å². The lowest BCUT2D eigenvalue weighted by atomic mass is 10.2. The SMILES string of the molecule is Cc1cccc(NC(=O)[C@H](CO)NC(=O)OC(C)(C)C)c1. The number of benzene rings is 1. The zero-order valence-electron chi connectivity index (χ0n) is 12.8. The number of nitrogens with one attached hydrogen (secondary N) is 2. The predicted octanol–water partition coefficient (Wildman–Crippen LogP) is 1.82. The molecule has 6 heteroatoms. The third-order valence-electron chi connectivity index (χ3n) is 2.48. The summed E-state index contributed by atoms with van der Waals surface area (Å²) in [7, 11) is 0. The number of carbonyl (C=O) groups excluding carboxylic acids is 2. The van der Waals surface area contributed by atoms with Crippen LogP contribution in [0.3, 0.4) is 0 Å². The number of aryl methyl sites for hydroxylation is 1. The Bertz CT molecular complexity index is 509. The molecule has 0 radical (unpaired) electrons. The van der Waals surface area contributed by atoms with E-state index in [9.17, 15) is 14.7 Å². The number of anilines is 1. The number of rotatable bonds is 4. The van der Waals surface area contributed by atoms with Crippen LogP contribution in [0, 0.1) is 6.92 Å². The maximum atomic E-state index is 12.0. The van der Waals surface area contributed by atoms with Crippen molar-refractivity contribution in [2.24, 2.45) is 0 Å². The van der Waals surface area contributed by atoms with Crippen molar-refractivity contribution in [2.75, 3.05) is 11.9 Å². The Morgan fingerprint density at radius 3 is 2.52 bits per heavy atom. The molecule has 0 saturated heterocycles. The van der Waals surface area contributed by atoms with Crippen LogP contribution in [0.1, 0.15) is 26.3 Å². The quantitative estimate of drug-likeness (QED) is 0.790. The van der Waals surface area contributed by atoms with Gasteiger partial charge >= 0.3 is 6.09 Å². The molecule has 6 nitrogen and oxygen atoms in total. The van der Waals surface area contributed by atoms with Crippen molar-refractivity contribution in [3.8, 4) is 0 Å². The van der Waals surface area contributed by atoms with Crippen LogP contribution in [-0.4, -0.2) is 35.4 Å². The first kappa shape index (κ1) is 17.0. The third-order valence-corrected chi connectivity index (χ3v) is 2.48. The molecule has 0 aromatic heterocycles. The summed E-state index contributed by atoms with van der Waals surface area (Å²) in [5, 5.41) is 14.2. The molecule has 1 aromatic carbocycles. The fourth-order valence-electron chi connectivity index (χ4n) is 1.60. The molecule has 0 aliphatic heterocycles. The van der Waals surface area contributed by atoms with Crippen molar-refractivity contribution in [1.29, 1.82) is 0 Å². The number of amides is 2. The molecule has 1 rings (SSSR count). The largest absolute Gasteiger partial charge is 0.444 e. The maximum Gasteiger partial charge on any atom is 0.408 e. The van der Waals surface area contributed by atoms with Gasteiger partial charge in [-0.2, -0.15) is 0 Å². The third kappa shape index (κ3) is 6.27. The maximum absolute atomic E-state index is 12.0. The molecule has 21 heavy (non-hydrogen) atoms. The monoisotopic (exact) mass is 294 g/mol. The van der Waals surface area contributed by atoms with Crippen LogP contribution in [0.2, 0.25) is 0 Å². The van der Waals surface area contributed by atoms with Crippen molar-refractivity contribution in [3.05, 3.63) is 29.8 Å². The minimum absolute atomic E-state index is 0.506. The highest BCUT2D eigenvalue weighted by Gasteiger charge is 2.23. The van der Waals surface area contributed by atoms with Gasteiger partial charge in [-0.15, -0.1) is 0 Å². The summed E-state index contributed by atoms with van der Waals surface area (Å²) in [6, 6.07) is 6.16. The van der Waals surface area contributed by atoms with Crippen LogP contribution in [-0.2, 0) is 9.53 Å². The number of hydrogen-bond donors (Lipinski definition) is 3. The fourth-order valence-corrected chi connectivity index (χ4v) is 1.60. The summed E-state index contributed by atoms with van der Waals surface area (Å²) < 4.78 is 5.05. The summed E-state index contributed by atoms with van der Waals surface area (Å²) in [6.07, 6.45) is -0.749. The molecular formula is C15H22N2O4. The molecule has 0 fully saturated rings. The van der Waals surface area contributed by atoms with Crippen LogP contribution in [0.4, 0.5) is 10.5 Å². The van der Waals surface area contributed by atoms with E-state index in [-0.39, 0.29) is 0 Å². The molecule has 0 aliphatic rings. The first-order valence-electron chi connectivity index (χ1n) is 6.69. The summed E-state index contributed by atoms with van der Waals surface area (Å²) in [5.74, 6) is -0.506. The van der Waals surface area contributed by atoms with E-state index in [0.29, 0.717) is 5.69 Å². The molecule has 0 saturated carbocycles. The number of aliphatic hydroxyl groups is 1. The van der Waals surface area contributed by atoms with Gasteiger partial charge in [0, 0.05) is 5.69 Å². The highest BCUT2D eigenvalue weighted by atomic mass is 16.6. The average molecular weight is 294 g/mol. The van der Waals surface area contributed by atoms with Gasteiger partial charge in [-0.25, -0.2) is 4.79 Å². The Hall–Kier alpha value is -2.08. The zero-order valence-corrected chi connectivity index (χ0v) is 12.8. The van der Waals surface area contributed by atoms with E-state index in [0.717, 1.165) is 5.56 Å². The molecule has 0 heterocycles. The molecule has 116 valence electrons. The summed E-state index contributed by atoms with van der Waals surface area (Å²) in [4.78, 5) is 23.6. The van der Waals surface area contributed by atoms with Gasteiger partial charge in [-0.1, -0.05) is 12.1 Å². The molecule has 3 N–H and O–H groups in total. The summed E-state index contributed by atoms with van der Waals surface area (Å²) in [5.41, 5.74) is 0.926. The molecular weight excluding hydrogens is 272 g/mol. The lowest BCUT2D eigenvalue weighted by Gasteiger charge is -2.22. The second kappa shape index (κ2) is 7.08. The molecule has 2 amide bonds. The van der Waals surface area contributed by atoms with Crippen molar-refractivity contribution in [1.82, 2.24) is 5.32 Å². The van der Waals surface area contributed by atoms with Gasteiger partial charge in [-0.3, -0.25) is 4.79 Å². The number of alkyl carbamates (subject to hydrolysis) is 1. The lowest BCUT2D eigenvalue weighted by Crippen LogP contribution is -2.47. The van der Waals surface area contributed by atoms with E-state index in [1.165, 1.54) is 0 Å². The Kier molecular flexibility index (Phi) is 5.72. The minimum Gasteiger partial charge on any atom is -0.444 e. The lowest BCUT2D eigenvalue weighted by molar-refractivity contribution is -0.119. The van der Waals surface area contributed by atoms with Crippen molar-refractivity contribution in [2.45, 2.75) is 39.3 Å². The molecule has 0 unspecified atom stereocenters. The van der Waals surface area contributed by atoms with Crippen molar-refractivity contribution in [3.63, 3.8) is 0 Å². The van der Waals surface area contributed by atoms with Gasteiger partial charge in [0.05, 0.1) is 6.61 Å². The number of aliphatic hydroxyl groups excluding tert-OH is 1. The fraction of sp³-hybridized carbons (Fsp3) is 0.467. The number of carbonyl (C=O) groups is 2. The predicted molar refractivity (Wildman–Crippen MR) is 80.1 cm³/mol. The molecule has 0 aliphatic carbocycles.